The second-order valence-corrected chi connectivity index (χ2v) is 8.84. The summed E-state index contributed by atoms with van der Waals surface area (Å²) in [6.45, 7) is 6.32. The monoisotopic (exact) mass is 396 g/mol. The molecule has 1 fully saturated rings. The molecule has 5 heteroatoms. The molecule has 1 aromatic heterocycles. The molecule has 0 atom stereocenters. The Balaban J connectivity index is 1.44. The summed E-state index contributed by atoms with van der Waals surface area (Å²) < 4.78 is 2.10. The molecule has 29 heavy (non-hydrogen) atoms. The van der Waals surface area contributed by atoms with Gasteiger partial charge in [-0.3, -0.25) is 4.79 Å². The number of hydrogen-bond donors (Lipinski definition) is 2. The first-order valence-corrected chi connectivity index (χ1v) is 11.1. The normalized spacial score (nSPS) is 15.8. The molecule has 0 saturated heterocycles. The highest BCUT2D eigenvalue weighted by molar-refractivity contribution is 5.78. The summed E-state index contributed by atoms with van der Waals surface area (Å²) >= 11 is 0. The van der Waals surface area contributed by atoms with Gasteiger partial charge >= 0.3 is 0 Å². The predicted octanol–water partition coefficient (Wildman–Crippen LogP) is 4.18. The van der Waals surface area contributed by atoms with Crippen molar-refractivity contribution in [3.8, 4) is 0 Å². The Labute approximate surface area is 175 Å². The lowest BCUT2D eigenvalue weighted by Crippen LogP contribution is -2.37. The van der Waals surface area contributed by atoms with Crippen LogP contribution < -0.4 is 10.6 Å². The second kappa shape index (κ2) is 10.6. The van der Waals surface area contributed by atoms with E-state index in [0.29, 0.717) is 12.5 Å². The van der Waals surface area contributed by atoms with Crippen molar-refractivity contribution in [3.05, 3.63) is 54.1 Å². The zero-order chi connectivity index (χ0) is 20.5. The van der Waals surface area contributed by atoms with Gasteiger partial charge in [-0.2, -0.15) is 0 Å². The van der Waals surface area contributed by atoms with Gasteiger partial charge in [-0.15, -0.1) is 0 Å². The Morgan fingerprint density at radius 1 is 1.14 bits per heavy atom. The maximum Gasteiger partial charge on any atom is 0.224 e. The Hall–Kier alpha value is -2.14. The van der Waals surface area contributed by atoms with E-state index in [0.717, 1.165) is 37.9 Å². The topological polar surface area (TPSA) is 59.0 Å². The summed E-state index contributed by atoms with van der Waals surface area (Å²) in [5.41, 5.74) is 2.22. The fourth-order valence-corrected chi connectivity index (χ4v) is 4.11. The van der Waals surface area contributed by atoms with Crippen LogP contribution in [0.25, 0.3) is 0 Å². The molecular formula is C24H36N4O. The van der Waals surface area contributed by atoms with E-state index in [9.17, 15) is 4.79 Å². The number of imidazole rings is 1. The average molecular weight is 397 g/mol. The Bertz CT molecular complexity index is 729. The van der Waals surface area contributed by atoms with Crippen molar-refractivity contribution in [2.75, 3.05) is 6.54 Å². The van der Waals surface area contributed by atoms with Gasteiger partial charge in [0, 0.05) is 30.5 Å². The molecule has 2 aromatic rings. The molecule has 1 heterocycles. The van der Waals surface area contributed by atoms with Gasteiger partial charge in [0.25, 0.3) is 0 Å². The summed E-state index contributed by atoms with van der Waals surface area (Å²) in [5, 5.41) is 6.89. The molecule has 1 amide bonds. The van der Waals surface area contributed by atoms with E-state index in [4.69, 9.17) is 0 Å². The third kappa shape index (κ3) is 7.00. The molecule has 0 aliphatic heterocycles. The number of nitrogens with zero attached hydrogens (tertiary/aromatic N) is 2. The second-order valence-electron chi connectivity index (χ2n) is 8.84. The number of rotatable bonds is 9. The van der Waals surface area contributed by atoms with Crippen LogP contribution >= 0.6 is 0 Å². The van der Waals surface area contributed by atoms with E-state index in [2.05, 4.69) is 58.3 Å². The van der Waals surface area contributed by atoms with Crippen molar-refractivity contribution in [3.63, 3.8) is 0 Å². The number of carbonyl (C=O) groups is 1. The molecule has 1 aliphatic carbocycles. The Kier molecular flexibility index (Phi) is 7.87. The Morgan fingerprint density at radius 2 is 1.86 bits per heavy atom. The molecule has 2 N–H and O–H groups in total. The lowest BCUT2D eigenvalue weighted by molar-refractivity contribution is -0.121. The van der Waals surface area contributed by atoms with Crippen LogP contribution in [0.2, 0.25) is 0 Å². The van der Waals surface area contributed by atoms with Crippen molar-refractivity contribution < 1.29 is 4.79 Å². The van der Waals surface area contributed by atoms with Crippen molar-refractivity contribution in [2.24, 2.45) is 0 Å². The van der Waals surface area contributed by atoms with E-state index in [1.54, 1.807) is 0 Å². The SMILES string of the molecule is CC(C)(NCCCn1ccnc1)c1ccc(CC(=O)NC2CCCCCC2)cc1. The lowest BCUT2D eigenvalue weighted by Gasteiger charge is -2.27. The van der Waals surface area contributed by atoms with Crippen LogP contribution in [0, 0.1) is 0 Å². The predicted molar refractivity (Wildman–Crippen MR) is 118 cm³/mol. The highest BCUT2D eigenvalue weighted by atomic mass is 16.1. The maximum absolute atomic E-state index is 12.4. The standard InChI is InChI=1S/C24H36N4O/c1-24(2,26-14-7-16-28-17-15-25-19-28)21-12-10-20(11-13-21)18-23(29)27-22-8-5-3-4-6-9-22/h10-13,15,17,19,22,26H,3-9,14,16,18H2,1-2H3,(H,27,29). The van der Waals surface area contributed by atoms with E-state index < -0.39 is 0 Å². The van der Waals surface area contributed by atoms with Gasteiger partial charge in [-0.1, -0.05) is 49.9 Å². The fraction of sp³-hybridized carbons (Fsp3) is 0.583. The molecule has 3 rings (SSSR count). The number of amides is 1. The van der Waals surface area contributed by atoms with Crippen LogP contribution in [0.3, 0.4) is 0 Å². The van der Waals surface area contributed by atoms with Gasteiger partial charge in [0.2, 0.25) is 5.91 Å². The molecular weight excluding hydrogens is 360 g/mol. The zero-order valence-corrected chi connectivity index (χ0v) is 18.0. The molecule has 5 nitrogen and oxygen atoms in total. The minimum Gasteiger partial charge on any atom is -0.353 e. The van der Waals surface area contributed by atoms with Gasteiger partial charge in [0.15, 0.2) is 0 Å². The smallest absolute Gasteiger partial charge is 0.224 e. The third-order valence-electron chi connectivity index (χ3n) is 5.98. The van der Waals surface area contributed by atoms with Gasteiger partial charge in [0.1, 0.15) is 0 Å². The third-order valence-corrected chi connectivity index (χ3v) is 5.98. The van der Waals surface area contributed by atoms with Gasteiger partial charge < -0.3 is 15.2 Å². The summed E-state index contributed by atoms with van der Waals surface area (Å²) in [6.07, 6.45) is 14.5. The van der Waals surface area contributed by atoms with E-state index in [-0.39, 0.29) is 11.4 Å². The number of aryl methyl sites for hydroxylation is 1. The first-order valence-electron chi connectivity index (χ1n) is 11.1. The molecule has 0 bridgehead atoms. The first kappa shape index (κ1) is 21.6. The minimum absolute atomic E-state index is 0.101. The van der Waals surface area contributed by atoms with Crippen LogP contribution in [0.5, 0.6) is 0 Å². The molecule has 1 saturated carbocycles. The minimum atomic E-state index is -0.101. The highest BCUT2D eigenvalue weighted by Gasteiger charge is 2.20. The highest BCUT2D eigenvalue weighted by Crippen LogP contribution is 2.21. The van der Waals surface area contributed by atoms with Crippen LogP contribution in [0.15, 0.2) is 43.0 Å². The summed E-state index contributed by atoms with van der Waals surface area (Å²) in [4.78, 5) is 16.5. The number of benzene rings is 1. The number of nitrogens with one attached hydrogen (secondary N) is 2. The van der Waals surface area contributed by atoms with Crippen LogP contribution in [-0.2, 0) is 23.3 Å². The quantitative estimate of drug-likeness (QED) is 0.494. The molecule has 1 aromatic carbocycles. The van der Waals surface area contributed by atoms with E-state index in [1.165, 1.54) is 31.2 Å². The first-order chi connectivity index (χ1) is 14.0. The number of aromatic nitrogens is 2. The van der Waals surface area contributed by atoms with Gasteiger partial charge in [-0.25, -0.2) is 4.98 Å². The van der Waals surface area contributed by atoms with Crippen molar-refractivity contribution in [1.29, 1.82) is 0 Å². The van der Waals surface area contributed by atoms with Crippen molar-refractivity contribution >= 4 is 5.91 Å². The molecule has 0 radical (unpaired) electrons. The maximum atomic E-state index is 12.4. The van der Waals surface area contributed by atoms with Crippen molar-refractivity contribution in [2.45, 2.75) is 83.3 Å². The summed E-state index contributed by atoms with van der Waals surface area (Å²) in [5.74, 6) is 0.154. The zero-order valence-electron chi connectivity index (χ0n) is 18.0. The number of carbonyl (C=O) groups excluding carboxylic acids is 1. The van der Waals surface area contributed by atoms with Crippen LogP contribution in [0.4, 0.5) is 0 Å². The van der Waals surface area contributed by atoms with Crippen LogP contribution in [0.1, 0.15) is 69.9 Å². The average Bonchev–Trinajstić information content (AvgIpc) is 3.09. The largest absolute Gasteiger partial charge is 0.353 e. The molecule has 0 spiro atoms. The molecule has 158 valence electrons. The van der Waals surface area contributed by atoms with Crippen LogP contribution in [-0.4, -0.2) is 28.0 Å². The van der Waals surface area contributed by atoms with E-state index in [1.807, 2.05) is 18.7 Å². The molecule has 1 aliphatic rings. The molecule has 0 unspecified atom stereocenters. The van der Waals surface area contributed by atoms with E-state index >= 15 is 0 Å². The van der Waals surface area contributed by atoms with Gasteiger partial charge in [-0.05, 0) is 50.8 Å². The number of hydrogen-bond acceptors (Lipinski definition) is 3. The Morgan fingerprint density at radius 3 is 2.52 bits per heavy atom. The van der Waals surface area contributed by atoms with Crippen molar-refractivity contribution in [1.82, 2.24) is 20.2 Å². The fourth-order valence-electron chi connectivity index (χ4n) is 4.11. The van der Waals surface area contributed by atoms with Gasteiger partial charge in [0.05, 0.1) is 12.7 Å². The summed E-state index contributed by atoms with van der Waals surface area (Å²) in [7, 11) is 0. The summed E-state index contributed by atoms with van der Waals surface area (Å²) in [6, 6.07) is 8.86. The lowest BCUT2D eigenvalue weighted by atomic mass is 9.93.